The van der Waals surface area contributed by atoms with Crippen molar-refractivity contribution < 1.29 is 19.2 Å². The highest BCUT2D eigenvalue weighted by Gasteiger charge is 2.26. The van der Waals surface area contributed by atoms with Crippen LogP contribution in [0.25, 0.3) is 0 Å². The summed E-state index contributed by atoms with van der Waals surface area (Å²) >= 11 is 5.89. The van der Waals surface area contributed by atoms with E-state index in [2.05, 4.69) is 5.32 Å². The molecule has 1 amide bonds. The number of halogens is 1. The summed E-state index contributed by atoms with van der Waals surface area (Å²) in [5.74, 6) is -1.59. The Hall–Kier alpha value is -2.93. The standard InChI is InChI=1S/C20H21ClN2O5/c1-12(2)19(14-4-6-15(21)7-5-14)20(25)28-11-18(24)22-17-9-8-16(23(26)27)10-13(17)3/h4-10,12,19H,11H2,1-3H3,(H,22,24)/t19-/m0/s1. The molecule has 1 N–H and O–H groups in total. The van der Waals surface area contributed by atoms with Crippen molar-refractivity contribution in [1.82, 2.24) is 0 Å². The Labute approximate surface area is 167 Å². The summed E-state index contributed by atoms with van der Waals surface area (Å²) in [5.41, 5.74) is 1.65. The quantitative estimate of drug-likeness (QED) is 0.416. The van der Waals surface area contributed by atoms with Crippen LogP contribution < -0.4 is 5.32 Å². The number of hydrogen-bond donors (Lipinski definition) is 1. The molecule has 0 aliphatic heterocycles. The minimum atomic E-state index is -0.524. The predicted molar refractivity (Wildman–Crippen MR) is 106 cm³/mol. The summed E-state index contributed by atoms with van der Waals surface area (Å²) in [6.45, 7) is 4.97. The molecule has 0 saturated heterocycles. The molecule has 28 heavy (non-hydrogen) atoms. The second-order valence-electron chi connectivity index (χ2n) is 6.69. The molecule has 0 saturated carbocycles. The van der Waals surface area contributed by atoms with Gasteiger partial charge < -0.3 is 10.1 Å². The van der Waals surface area contributed by atoms with Crippen molar-refractivity contribution in [3.05, 3.63) is 68.7 Å². The van der Waals surface area contributed by atoms with Crippen LogP contribution in [-0.4, -0.2) is 23.4 Å². The number of esters is 1. The van der Waals surface area contributed by atoms with Crippen molar-refractivity contribution in [3.8, 4) is 0 Å². The van der Waals surface area contributed by atoms with Crippen LogP contribution in [0.1, 0.15) is 30.9 Å². The Morgan fingerprint density at radius 1 is 1.18 bits per heavy atom. The third kappa shape index (κ3) is 5.53. The number of rotatable bonds is 7. The van der Waals surface area contributed by atoms with Crippen molar-refractivity contribution in [2.45, 2.75) is 26.7 Å². The van der Waals surface area contributed by atoms with E-state index in [1.54, 1.807) is 31.2 Å². The molecule has 0 bridgehead atoms. The number of hydrogen-bond acceptors (Lipinski definition) is 5. The van der Waals surface area contributed by atoms with Crippen LogP contribution in [0.15, 0.2) is 42.5 Å². The maximum Gasteiger partial charge on any atom is 0.314 e. The minimum Gasteiger partial charge on any atom is -0.455 e. The fraction of sp³-hybridized carbons (Fsp3) is 0.300. The molecule has 2 aromatic carbocycles. The Balaban J connectivity index is 1.99. The number of aryl methyl sites for hydroxylation is 1. The first-order chi connectivity index (χ1) is 13.2. The molecule has 0 fully saturated rings. The van der Waals surface area contributed by atoms with Gasteiger partial charge in [-0.05, 0) is 42.2 Å². The monoisotopic (exact) mass is 404 g/mol. The molecule has 0 spiro atoms. The summed E-state index contributed by atoms with van der Waals surface area (Å²) < 4.78 is 5.19. The smallest absolute Gasteiger partial charge is 0.314 e. The number of amides is 1. The maximum atomic E-state index is 12.5. The van der Waals surface area contributed by atoms with Crippen LogP contribution in [0, 0.1) is 23.0 Å². The average Bonchev–Trinajstić information content (AvgIpc) is 2.63. The lowest BCUT2D eigenvalue weighted by molar-refractivity contribution is -0.384. The van der Waals surface area contributed by atoms with E-state index >= 15 is 0 Å². The fourth-order valence-corrected chi connectivity index (χ4v) is 2.90. The predicted octanol–water partition coefficient (Wildman–Crippen LogP) is 4.48. The molecule has 0 radical (unpaired) electrons. The van der Waals surface area contributed by atoms with Crippen LogP contribution in [0.5, 0.6) is 0 Å². The number of nitro groups is 1. The molecule has 2 rings (SSSR count). The number of ether oxygens (including phenoxy) is 1. The molecule has 2 aromatic rings. The van der Waals surface area contributed by atoms with Gasteiger partial charge in [-0.2, -0.15) is 0 Å². The van der Waals surface area contributed by atoms with Gasteiger partial charge in [-0.15, -0.1) is 0 Å². The van der Waals surface area contributed by atoms with Crippen molar-refractivity contribution in [3.63, 3.8) is 0 Å². The highest BCUT2D eigenvalue weighted by molar-refractivity contribution is 6.30. The molecule has 8 heteroatoms. The van der Waals surface area contributed by atoms with Crippen molar-refractivity contribution in [1.29, 1.82) is 0 Å². The van der Waals surface area contributed by atoms with Gasteiger partial charge in [-0.1, -0.05) is 37.6 Å². The zero-order valence-electron chi connectivity index (χ0n) is 15.8. The third-order valence-corrected chi connectivity index (χ3v) is 4.44. The number of nitrogens with one attached hydrogen (secondary N) is 1. The number of anilines is 1. The van der Waals surface area contributed by atoms with E-state index in [9.17, 15) is 19.7 Å². The van der Waals surface area contributed by atoms with Gasteiger partial charge in [0.15, 0.2) is 6.61 Å². The number of nitrogens with zero attached hydrogens (tertiary/aromatic N) is 1. The number of non-ortho nitro benzene ring substituents is 1. The molecule has 0 aliphatic rings. The Morgan fingerprint density at radius 3 is 2.36 bits per heavy atom. The lowest BCUT2D eigenvalue weighted by atomic mass is 9.88. The van der Waals surface area contributed by atoms with Gasteiger partial charge >= 0.3 is 5.97 Å². The van der Waals surface area contributed by atoms with Crippen LogP contribution in [0.3, 0.4) is 0 Å². The van der Waals surface area contributed by atoms with Crippen molar-refractivity contribution in [2.75, 3.05) is 11.9 Å². The lowest BCUT2D eigenvalue weighted by Gasteiger charge is -2.20. The maximum absolute atomic E-state index is 12.5. The zero-order valence-corrected chi connectivity index (χ0v) is 16.5. The molecule has 1 atom stereocenters. The first kappa shape index (κ1) is 21.4. The molecular weight excluding hydrogens is 384 g/mol. The SMILES string of the molecule is Cc1cc([N+](=O)[O-])ccc1NC(=O)COC(=O)[C@H](c1ccc(Cl)cc1)C(C)C. The molecule has 7 nitrogen and oxygen atoms in total. The largest absolute Gasteiger partial charge is 0.455 e. The second kappa shape index (κ2) is 9.32. The molecule has 0 unspecified atom stereocenters. The van der Waals surface area contributed by atoms with E-state index in [1.807, 2.05) is 13.8 Å². The van der Waals surface area contributed by atoms with Gasteiger partial charge in [0.2, 0.25) is 0 Å². The van der Waals surface area contributed by atoms with Crippen LogP contribution in [0.2, 0.25) is 5.02 Å². The van der Waals surface area contributed by atoms with Crippen molar-refractivity contribution >= 4 is 34.9 Å². The molecule has 148 valence electrons. The number of carbonyl (C=O) groups excluding carboxylic acids is 2. The second-order valence-corrected chi connectivity index (χ2v) is 7.12. The van der Waals surface area contributed by atoms with Crippen LogP contribution in [-0.2, 0) is 14.3 Å². The van der Waals surface area contributed by atoms with Gasteiger partial charge in [0.05, 0.1) is 10.8 Å². The normalized spacial score (nSPS) is 11.8. The number of benzene rings is 2. The summed E-state index contributed by atoms with van der Waals surface area (Å²) in [7, 11) is 0. The van der Waals surface area contributed by atoms with Gasteiger partial charge in [0.1, 0.15) is 0 Å². The van der Waals surface area contributed by atoms with Gasteiger partial charge in [-0.25, -0.2) is 0 Å². The molecule has 0 aromatic heterocycles. The average molecular weight is 405 g/mol. The number of nitro benzene ring substituents is 1. The van der Waals surface area contributed by atoms with Gasteiger partial charge in [-0.3, -0.25) is 19.7 Å². The lowest BCUT2D eigenvalue weighted by Crippen LogP contribution is -2.26. The van der Waals surface area contributed by atoms with Crippen LogP contribution in [0.4, 0.5) is 11.4 Å². The topological polar surface area (TPSA) is 98.5 Å². The van der Waals surface area contributed by atoms with E-state index in [0.717, 1.165) is 5.56 Å². The van der Waals surface area contributed by atoms with Gasteiger partial charge in [0.25, 0.3) is 11.6 Å². The number of carbonyl (C=O) groups is 2. The summed E-state index contributed by atoms with van der Waals surface area (Å²) in [4.78, 5) is 34.9. The van der Waals surface area contributed by atoms with E-state index < -0.39 is 29.3 Å². The zero-order chi connectivity index (χ0) is 20.8. The summed E-state index contributed by atoms with van der Waals surface area (Å²) in [5, 5.41) is 13.9. The van der Waals surface area contributed by atoms with Gasteiger partial charge in [0, 0.05) is 22.8 Å². The Bertz CT molecular complexity index is 881. The Morgan fingerprint density at radius 2 is 1.82 bits per heavy atom. The third-order valence-electron chi connectivity index (χ3n) is 4.19. The fourth-order valence-electron chi connectivity index (χ4n) is 2.78. The van der Waals surface area contributed by atoms with E-state index in [1.165, 1.54) is 18.2 Å². The summed E-state index contributed by atoms with van der Waals surface area (Å²) in [6.07, 6.45) is 0. The van der Waals surface area contributed by atoms with E-state index in [-0.39, 0.29) is 11.6 Å². The van der Waals surface area contributed by atoms with E-state index in [4.69, 9.17) is 16.3 Å². The molecule has 0 aliphatic carbocycles. The highest BCUT2D eigenvalue weighted by atomic mass is 35.5. The van der Waals surface area contributed by atoms with Crippen molar-refractivity contribution in [2.24, 2.45) is 5.92 Å². The Kier molecular flexibility index (Phi) is 7.12. The first-order valence-electron chi connectivity index (χ1n) is 8.66. The highest BCUT2D eigenvalue weighted by Crippen LogP contribution is 2.27. The minimum absolute atomic E-state index is 0.0337. The first-order valence-corrected chi connectivity index (χ1v) is 9.04. The van der Waals surface area contributed by atoms with E-state index in [0.29, 0.717) is 16.3 Å². The van der Waals surface area contributed by atoms with Crippen LogP contribution >= 0.6 is 11.6 Å². The molecule has 0 heterocycles. The summed E-state index contributed by atoms with van der Waals surface area (Å²) in [6, 6.07) is 11.0. The molecular formula is C20H21ClN2O5.